The van der Waals surface area contributed by atoms with Gasteiger partial charge in [-0.15, -0.1) is 0 Å². The molecule has 0 saturated heterocycles. The molecule has 1 aromatic heterocycles. The number of nitrogens with zero attached hydrogens (tertiary/aromatic N) is 3. The Morgan fingerprint density at radius 3 is 1.33 bits per heavy atom. The summed E-state index contributed by atoms with van der Waals surface area (Å²) in [4.78, 5) is 15.0. The number of rotatable bonds is 7. The van der Waals surface area contributed by atoms with E-state index < -0.39 is 0 Å². The monoisotopic (exact) mass is 769 g/mol. The van der Waals surface area contributed by atoms with Crippen molar-refractivity contribution in [1.82, 2.24) is 15.0 Å². The molecule has 3 nitrogen and oxygen atoms in total. The quantitative estimate of drug-likeness (QED) is 0.162. The van der Waals surface area contributed by atoms with Gasteiger partial charge in [0.1, 0.15) is 0 Å². The van der Waals surface area contributed by atoms with Crippen LogP contribution in [-0.2, 0) is 5.41 Å². The van der Waals surface area contributed by atoms with Gasteiger partial charge in [0, 0.05) is 22.1 Å². The topological polar surface area (TPSA) is 38.7 Å². The van der Waals surface area contributed by atoms with Gasteiger partial charge in [-0.2, -0.15) is 0 Å². The van der Waals surface area contributed by atoms with Gasteiger partial charge < -0.3 is 0 Å². The molecule has 1 fully saturated rings. The van der Waals surface area contributed by atoms with Gasteiger partial charge >= 0.3 is 0 Å². The third-order valence-corrected chi connectivity index (χ3v) is 12.8. The highest BCUT2D eigenvalue weighted by Gasteiger charge is 2.44. The second-order valence-corrected chi connectivity index (χ2v) is 16.3. The molecule has 1 spiro atoms. The minimum Gasteiger partial charge on any atom is -0.208 e. The molecule has 9 aromatic rings. The molecule has 0 amide bonds. The van der Waals surface area contributed by atoms with Crippen molar-refractivity contribution in [3.05, 3.63) is 211 Å². The molecule has 0 aliphatic heterocycles. The fourth-order valence-corrected chi connectivity index (χ4v) is 9.79. The maximum atomic E-state index is 5.04. The van der Waals surface area contributed by atoms with Crippen molar-refractivity contribution in [2.24, 2.45) is 0 Å². The first-order chi connectivity index (χ1) is 29.7. The van der Waals surface area contributed by atoms with E-state index in [1.165, 1.54) is 76.6 Å². The number of hydrogen-bond acceptors (Lipinski definition) is 3. The normalized spacial score (nSPS) is 13.8. The van der Waals surface area contributed by atoms with E-state index in [0.29, 0.717) is 17.5 Å². The van der Waals surface area contributed by atoms with Gasteiger partial charge in [0.05, 0.1) is 0 Å². The predicted octanol–water partition coefficient (Wildman–Crippen LogP) is 14.8. The summed E-state index contributed by atoms with van der Waals surface area (Å²) >= 11 is 0. The average Bonchev–Trinajstić information content (AvgIpc) is 3.60. The van der Waals surface area contributed by atoms with Gasteiger partial charge in [0.15, 0.2) is 17.5 Å². The highest BCUT2D eigenvalue weighted by atomic mass is 15.0. The molecule has 8 aromatic carbocycles. The van der Waals surface area contributed by atoms with Crippen LogP contribution < -0.4 is 0 Å². The van der Waals surface area contributed by atoms with Crippen molar-refractivity contribution in [3.63, 3.8) is 0 Å². The van der Waals surface area contributed by atoms with Crippen LogP contribution in [0.15, 0.2) is 200 Å². The summed E-state index contributed by atoms with van der Waals surface area (Å²) in [6.45, 7) is 0. The van der Waals surface area contributed by atoms with Gasteiger partial charge in [-0.3, -0.25) is 0 Å². The summed E-state index contributed by atoms with van der Waals surface area (Å²) < 4.78 is 0. The lowest BCUT2D eigenvalue weighted by Crippen LogP contribution is -2.27. The minimum absolute atomic E-state index is 0.153. The Hall–Kier alpha value is -7.23. The molecule has 1 saturated carbocycles. The van der Waals surface area contributed by atoms with Crippen LogP contribution in [0.5, 0.6) is 0 Å². The van der Waals surface area contributed by atoms with E-state index in [1.54, 1.807) is 0 Å². The third kappa shape index (κ3) is 6.44. The second-order valence-electron chi connectivity index (χ2n) is 16.3. The molecule has 0 radical (unpaired) electrons. The first-order valence-electron chi connectivity index (χ1n) is 21.2. The van der Waals surface area contributed by atoms with Crippen LogP contribution in [0.2, 0.25) is 0 Å². The van der Waals surface area contributed by atoms with E-state index in [-0.39, 0.29) is 5.41 Å². The van der Waals surface area contributed by atoms with Crippen molar-refractivity contribution in [3.8, 4) is 89.8 Å². The summed E-state index contributed by atoms with van der Waals surface area (Å²) in [5.41, 5.74) is 18.5. The van der Waals surface area contributed by atoms with Crippen LogP contribution in [0, 0.1) is 0 Å². The first-order valence-corrected chi connectivity index (χ1v) is 21.2. The van der Waals surface area contributed by atoms with Gasteiger partial charge in [-0.1, -0.05) is 207 Å². The lowest BCUT2D eigenvalue weighted by atomic mass is 9.68. The maximum absolute atomic E-state index is 5.04. The van der Waals surface area contributed by atoms with Crippen molar-refractivity contribution in [2.45, 2.75) is 37.5 Å². The Kier molecular flexibility index (Phi) is 9.08. The molecule has 2 aliphatic rings. The molecule has 2 aliphatic carbocycles. The number of hydrogen-bond donors (Lipinski definition) is 0. The van der Waals surface area contributed by atoms with E-state index in [0.717, 1.165) is 38.9 Å². The highest BCUT2D eigenvalue weighted by molar-refractivity contribution is 5.93. The molecular weight excluding hydrogens is 727 g/mol. The Labute approximate surface area is 352 Å². The van der Waals surface area contributed by atoms with Crippen molar-refractivity contribution < 1.29 is 0 Å². The van der Waals surface area contributed by atoms with Crippen LogP contribution >= 0.6 is 0 Å². The van der Waals surface area contributed by atoms with E-state index in [1.807, 2.05) is 36.4 Å². The fourth-order valence-electron chi connectivity index (χ4n) is 9.79. The predicted molar refractivity (Wildman–Crippen MR) is 247 cm³/mol. The first kappa shape index (κ1) is 35.9. The van der Waals surface area contributed by atoms with E-state index in [9.17, 15) is 0 Å². The van der Waals surface area contributed by atoms with E-state index in [2.05, 4.69) is 164 Å². The molecule has 286 valence electrons. The van der Waals surface area contributed by atoms with Crippen molar-refractivity contribution in [1.29, 1.82) is 0 Å². The van der Waals surface area contributed by atoms with Crippen LogP contribution in [0.1, 0.15) is 43.2 Å². The second kappa shape index (κ2) is 15.2. The molecule has 1 heterocycles. The smallest absolute Gasteiger partial charge is 0.164 e. The average molecular weight is 770 g/mol. The Morgan fingerprint density at radius 2 is 0.683 bits per heavy atom. The molecule has 60 heavy (non-hydrogen) atoms. The van der Waals surface area contributed by atoms with E-state index in [4.69, 9.17) is 15.0 Å². The zero-order valence-electron chi connectivity index (χ0n) is 33.4. The zero-order chi connectivity index (χ0) is 39.9. The molecule has 0 unspecified atom stereocenters. The molecule has 0 atom stereocenters. The van der Waals surface area contributed by atoms with Gasteiger partial charge in [-0.25, -0.2) is 15.0 Å². The number of aromatic nitrogens is 3. The third-order valence-electron chi connectivity index (χ3n) is 12.8. The van der Waals surface area contributed by atoms with Crippen molar-refractivity contribution >= 4 is 0 Å². The van der Waals surface area contributed by atoms with Gasteiger partial charge in [0.2, 0.25) is 0 Å². The number of fused-ring (bicyclic) bond motifs is 5. The molecule has 11 rings (SSSR count). The summed E-state index contributed by atoms with van der Waals surface area (Å²) in [5, 5.41) is 0. The van der Waals surface area contributed by atoms with Crippen LogP contribution in [-0.4, -0.2) is 15.0 Å². The fraction of sp³-hybridized carbons (Fsp3) is 0.105. The molecule has 3 heteroatoms. The standard InChI is InChI=1S/C57H43N3/c1-4-15-39(16-5-1)46-20-13-22-48(38-46)56-59-54(43-17-6-2-7-18-43)58-55(60-56)44-33-31-41(32-34-44)40-27-29-42(30-28-40)45-19-12-21-47(37-45)49-24-14-26-52-53(49)50-23-8-9-25-51(50)57(52)35-10-3-11-36-57/h1-2,4-9,12-34,37-38H,3,10-11,35-36H2. The largest absolute Gasteiger partial charge is 0.208 e. The Bertz CT molecular complexity index is 2980. The van der Waals surface area contributed by atoms with Gasteiger partial charge in [0.25, 0.3) is 0 Å². The minimum atomic E-state index is 0.153. The summed E-state index contributed by atoms with van der Waals surface area (Å²) in [7, 11) is 0. The number of benzene rings is 8. The van der Waals surface area contributed by atoms with Crippen LogP contribution in [0.25, 0.3) is 89.8 Å². The zero-order valence-corrected chi connectivity index (χ0v) is 33.4. The van der Waals surface area contributed by atoms with Crippen molar-refractivity contribution in [2.75, 3.05) is 0 Å². The summed E-state index contributed by atoms with van der Waals surface area (Å²) in [6.07, 6.45) is 6.43. The van der Waals surface area contributed by atoms with Crippen LogP contribution in [0.4, 0.5) is 0 Å². The van der Waals surface area contributed by atoms with E-state index >= 15 is 0 Å². The summed E-state index contributed by atoms with van der Waals surface area (Å²) in [5.74, 6) is 1.95. The maximum Gasteiger partial charge on any atom is 0.164 e. The Morgan fingerprint density at radius 1 is 0.283 bits per heavy atom. The summed E-state index contributed by atoms with van der Waals surface area (Å²) in [6, 6.07) is 71.8. The highest BCUT2D eigenvalue weighted by Crippen LogP contribution is 2.57. The molecule has 0 N–H and O–H groups in total. The molecular formula is C57H43N3. The van der Waals surface area contributed by atoms with Gasteiger partial charge in [-0.05, 0) is 91.7 Å². The lowest BCUT2D eigenvalue weighted by molar-refractivity contribution is 0.353. The van der Waals surface area contributed by atoms with Crippen LogP contribution in [0.3, 0.4) is 0 Å². The lowest BCUT2D eigenvalue weighted by Gasteiger charge is -2.36. The SMILES string of the molecule is c1ccc(-c2cccc(-c3nc(-c4ccccc4)nc(-c4ccc(-c5ccc(-c6cccc(-c7cccc8c7-c7ccccc7C87CCCCC7)c6)cc5)cc4)n3)c2)cc1. The Balaban J connectivity index is 0.889. The molecule has 0 bridgehead atoms.